The summed E-state index contributed by atoms with van der Waals surface area (Å²) in [7, 11) is 0. The van der Waals surface area contributed by atoms with Crippen molar-refractivity contribution in [1.29, 1.82) is 0 Å². The molecule has 1 aromatic heterocycles. The molecule has 1 aromatic rings. The summed E-state index contributed by atoms with van der Waals surface area (Å²) in [6.07, 6.45) is 0.504. The molecule has 0 radical (unpaired) electrons. The van der Waals surface area contributed by atoms with E-state index in [-0.39, 0.29) is 12.0 Å². The largest absolute Gasteiger partial charge is 0.485 e. The van der Waals surface area contributed by atoms with Crippen LogP contribution in [0.25, 0.3) is 0 Å². The Labute approximate surface area is 125 Å². The quantitative estimate of drug-likeness (QED) is 0.900. The lowest BCUT2D eigenvalue weighted by Gasteiger charge is -2.26. The molecule has 2 aliphatic heterocycles. The van der Waals surface area contributed by atoms with Crippen molar-refractivity contribution in [3.63, 3.8) is 0 Å². The van der Waals surface area contributed by atoms with Gasteiger partial charge in [-0.25, -0.2) is 4.79 Å². The van der Waals surface area contributed by atoms with Gasteiger partial charge in [-0.2, -0.15) is 0 Å². The molecule has 3 rings (SSSR count). The summed E-state index contributed by atoms with van der Waals surface area (Å²) in [5, 5.41) is 4.56. The second-order valence-electron chi connectivity index (χ2n) is 4.67. The van der Waals surface area contributed by atoms with Crippen molar-refractivity contribution in [2.24, 2.45) is 0 Å². The van der Waals surface area contributed by atoms with Gasteiger partial charge in [-0.15, -0.1) is 11.3 Å². The molecule has 0 aliphatic carbocycles. The number of hydrogen-bond donors (Lipinski definition) is 1. The van der Waals surface area contributed by atoms with Crippen molar-refractivity contribution < 1.29 is 23.8 Å². The third-order valence-corrected chi connectivity index (χ3v) is 4.17. The first-order valence-corrected chi connectivity index (χ1v) is 7.70. The Bertz CT molecular complexity index is 545. The molecule has 2 aliphatic rings. The number of carbonyl (C=O) groups excluding carboxylic acids is 2. The maximum absolute atomic E-state index is 12.1. The van der Waals surface area contributed by atoms with Crippen LogP contribution in [0.3, 0.4) is 0 Å². The van der Waals surface area contributed by atoms with Gasteiger partial charge >= 0.3 is 6.09 Å². The van der Waals surface area contributed by atoms with Crippen LogP contribution in [0.4, 0.5) is 4.79 Å². The highest BCUT2D eigenvalue weighted by atomic mass is 32.1. The van der Waals surface area contributed by atoms with Gasteiger partial charge in [0.25, 0.3) is 5.91 Å². The van der Waals surface area contributed by atoms with Crippen LogP contribution in [0.2, 0.25) is 0 Å². The zero-order chi connectivity index (χ0) is 14.7. The number of ether oxygens (including phenoxy) is 3. The maximum Gasteiger partial charge on any atom is 0.409 e. The van der Waals surface area contributed by atoms with Crippen LogP contribution in [0.1, 0.15) is 16.1 Å². The smallest absolute Gasteiger partial charge is 0.409 e. The van der Waals surface area contributed by atoms with Crippen LogP contribution in [0.15, 0.2) is 5.38 Å². The van der Waals surface area contributed by atoms with E-state index in [9.17, 15) is 9.59 Å². The molecule has 1 fully saturated rings. The van der Waals surface area contributed by atoms with E-state index in [4.69, 9.17) is 14.2 Å². The first-order valence-electron chi connectivity index (χ1n) is 6.82. The molecule has 0 atom stereocenters. The number of cyclic esters (lactones) is 1. The van der Waals surface area contributed by atoms with Crippen LogP contribution in [-0.2, 0) is 4.74 Å². The standard InChI is InChI=1S/C13H16N2O5S/c16-12(11-10-9(8-21-11)18-6-7-19-10)14-2-4-15-3-1-5-20-13(15)17/h8H,1-7H2,(H,14,16). The van der Waals surface area contributed by atoms with Gasteiger partial charge in [-0.05, 0) is 6.42 Å². The lowest BCUT2D eigenvalue weighted by molar-refractivity contribution is 0.0719. The molecular formula is C13H16N2O5S. The molecule has 1 saturated heterocycles. The first-order chi connectivity index (χ1) is 10.3. The lowest BCUT2D eigenvalue weighted by Crippen LogP contribution is -2.42. The minimum absolute atomic E-state index is 0.211. The zero-order valence-electron chi connectivity index (χ0n) is 11.4. The van der Waals surface area contributed by atoms with E-state index < -0.39 is 0 Å². The second kappa shape index (κ2) is 6.21. The molecule has 0 spiro atoms. The Hall–Kier alpha value is -1.96. The third-order valence-electron chi connectivity index (χ3n) is 3.23. The summed E-state index contributed by atoms with van der Waals surface area (Å²) in [5.41, 5.74) is 0. The SMILES string of the molecule is O=C(NCCN1CCCOC1=O)c1scc2c1OCCO2. The van der Waals surface area contributed by atoms with Crippen molar-refractivity contribution in [2.45, 2.75) is 6.42 Å². The van der Waals surface area contributed by atoms with E-state index in [1.807, 2.05) is 0 Å². The molecule has 2 amide bonds. The fourth-order valence-corrected chi connectivity index (χ4v) is 3.05. The average molecular weight is 312 g/mol. The van der Waals surface area contributed by atoms with Crippen molar-refractivity contribution in [1.82, 2.24) is 10.2 Å². The lowest BCUT2D eigenvalue weighted by atomic mass is 10.3. The number of amides is 2. The van der Waals surface area contributed by atoms with Crippen LogP contribution in [0.5, 0.6) is 11.5 Å². The Morgan fingerprint density at radius 3 is 3.00 bits per heavy atom. The molecule has 0 unspecified atom stereocenters. The Morgan fingerprint density at radius 1 is 1.29 bits per heavy atom. The molecule has 114 valence electrons. The molecule has 3 heterocycles. The zero-order valence-corrected chi connectivity index (χ0v) is 12.2. The Balaban J connectivity index is 1.52. The van der Waals surface area contributed by atoms with E-state index >= 15 is 0 Å². The van der Waals surface area contributed by atoms with E-state index in [0.29, 0.717) is 55.8 Å². The minimum Gasteiger partial charge on any atom is -0.485 e. The predicted molar refractivity (Wildman–Crippen MR) is 75.2 cm³/mol. The number of carbonyl (C=O) groups is 2. The van der Waals surface area contributed by atoms with E-state index in [1.54, 1.807) is 10.3 Å². The number of nitrogens with one attached hydrogen (secondary N) is 1. The van der Waals surface area contributed by atoms with Gasteiger partial charge in [-0.3, -0.25) is 4.79 Å². The summed E-state index contributed by atoms with van der Waals surface area (Å²) in [5.74, 6) is 0.925. The minimum atomic E-state index is -0.319. The van der Waals surface area contributed by atoms with E-state index in [1.165, 1.54) is 11.3 Å². The summed E-state index contributed by atoms with van der Waals surface area (Å²) < 4.78 is 15.8. The molecule has 0 saturated carbocycles. The molecule has 8 heteroatoms. The summed E-state index contributed by atoms with van der Waals surface area (Å²) in [4.78, 5) is 25.7. The van der Waals surface area contributed by atoms with Crippen LogP contribution < -0.4 is 14.8 Å². The van der Waals surface area contributed by atoms with Gasteiger partial charge in [0.05, 0.1) is 6.61 Å². The van der Waals surface area contributed by atoms with Gasteiger partial charge in [0.1, 0.15) is 18.1 Å². The first kappa shape index (κ1) is 14.0. The highest BCUT2D eigenvalue weighted by molar-refractivity contribution is 7.12. The fraction of sp³-hybridized carbons (Fsp3) is 0.538. The second-order valence-corrected chi connectivity index (χ2v) is 5.55. The van der Waals surface area contributed by atoms with E-state index in [2.05, 4.69) is 5.32 Å². The number of nitrogens with zero attached hydrogens (tertiary/aromatic N) is 1. The van der Waals surface area contributed by atoms with E-state index in [0.717, 1.165) is 6.42 Å². The molecule has 0 bridgehead atoms. The number of rotatable bonds is 4. The summed E-state index contributed by atoms with van der Waals surface area (Å²) in [6.45, 7) is 2.91. The Kier molecular flexibility index (Phi) is 4.14. The number of thiophene rings is 1. The monoisotopic (exact) mass is 312 g/mol. The molecule has 1 N–H and O–H groups in total. The molecule has 0 aromatic carbocycles. The third kappa shape index (κ3) is 3.05. The van der Waals surface area contributed by atoms with Gasteiger partial charge in [0.2, 0.25) is 0 Å². The number of fused-ring (bicyclic) bond motifs is 1. The van der Waals surface area contributed by atoms with Crippen LogP contribution in [0, 0.1) is 0 Å². The predicted octanol–water partition coefficient (Wildman–Crippen LogP) is 1.09. The van der Waals surface area contributed by atoms with Crippen molar-refractivity contribution in [3.05, 3.63) is 10.3 Å². The van der Waals surface area contributed by atoms with Gasteiger partial charge < -0.3 is 24.4 Å². The molecule has 21 heavy (non-hydrogen) atoms. The normalized spacial score (nSPS) is 17.3. The summed E-state index contributed by atoms with van der Waals surface area (Å²) >= 11 is 1.29. The maximum atomic E-state index is 12.1. The highest BCUT2D eigenvalue weighted by Gasteiger charge is 2.24. The topological polar surface area (TPSA) is 77.1 Å². The van der Waals surface area contributed by atoms with Crippen LogP contribution >= 0.6 is 11.3 Å². The molecule has 7 nitrogen and oxygen atoms in total. The number of hydrogen-bond acceptors (Lipinski definition) is 6. The Morgan fingerprint density at radius 2 is 2.14 bits per heavy atom. The summed E-state index contributed by atoms with van der Waals surface area (Å²) in [6, 6.07) is 0. The van der Waals surface area contributed by atoms with Crippen LogP contribution in [-0.4, -0.2) is 56.4 Å². The van der Waals surface area contributed by atoms with Crippen molar-refractivity contribution in [3.8, 4) is 11.5 Å². The highest BCUT2D eigenvalue weighted by Crippen LogP contribution is 2.39. The molecular weight excluding hydrogens is 296 g/mol. The van der Waals surface area contributed by atoms with Gasteiger partial charge in [0, 0.05) is 25.0 Å². The fourth-order valence-electron chi connectivity index (χ4n) is 2.20. The van der Waals surface area contributed by atoms with Gasteiger partial charge in [-0.1, -0.05) is 0 Å². The van der Waals surface area contributed by atoms with Gasteiger partial charge in [0.15, 0.2) is 11.5 Å². The van der Waals surface area contributed by atoms with Crippen molar-refractivity contribution >= 4 is 23.3 Å². The van der Waals surface area contributed by atoms with Crippen molar-refractivity contribution in [2.75, 3.05) is 39.5 Å². The average Bonchev–Trinajstić information content (AvgIpc) is 2.93.